The summed E-state index contributed by atoms with van der Waals surface area (Å²) in [5.74, 6) is -1.14. The highest BCUT2D eigenvalue weighted by Gasteiger charge is 2.19. The number of rotatable bonds is 5. The smallest absolute Gasteiger partial charge is 0.309 e. The first-order valence-corrected chi connectivity index (χ1v) is 6.05. The number of hydrogen-bond donors (Lipinski definition) is 2. The second-order valence-corrected chi connectivity index (χ2v) is 4.10. The molecule has 0 unspecified atom stereocenters. The van der Waals surface area contributed by atoms with E-state index >= 15 is 0 Å². The quantitative estimate of drug-likeness (QED) is 0.422. The second-order valence-electron chi connectivity index (χ2n) is 4.10. The highest BCUT2D eigenvalue weighted by Crippen LogP contribution is 2.17. The minimum atomic E-state index is -0.594. The van der Waals surface area contributed by atoms with Gasteiger partial charge in [0.2, 0.25) is 0 Å². The second kappa shape index (κ2) is 7.70. The summed E-state index contributed by atoms with van der Waals surface area (Å²) in [6, 6.07) is 0.159. The van der Waals surface area contributed by atoms with Crippen molar-refractivity contribution in [3.63, 3.8) is 0 Å². The summed E-state index contributed by atoms with van der Waals surface area (Å²) in [5.41, 5.74) is 0. The molecule has 17 heavy (non-hydrogen) atoms. The summed E-state index contributed by atoms with van der Waals surface area (Å²) in [7, 11) is 0. The average Bonchev–Trinajstić information content (AvgIpc) is 2.35. The van der Waals surface area contributed by atoms with Gasteiger partial charge in [0.05, 0.1) is 12.8 Å². The average molecular weight is 240 g/mol. The summed E-state index contributed by atoms with van der Waals surface area (Å²) in [5, 5.41) is 5.23. The van der Waals surface area contributed by atoms with E-state index in [2.05, 4.69) is 17.2 Å². The van der Waals surface area contributed by atoms with Gasteiger partial charge in [-0.1, -0.05) is 25.8 Å². The molecule has 0 aromatic rings. The van der Waals surface area contributed by atoms with Crippen molar-refractivity contribution in [3.05, 3.63) is 12.8 Å². The fourth-order valence-electron chi connectivity index (χ4n) is 1.88. The highest BCUT2D eigenvalue weighted by atomic mass is 16.5. The topological polar surface area (TPSA) is 67.4 Å². The number of amides is 2. The van der Waals surface area contributed by atoms with Gasteiger partial charge in [0.1, 0.15) is 6.61 Å². The molecule has 0 spiro atoms. The van der Waals surface area contributed by atoms with Crippen molar-refractivity contribution in [2.75, 3.05) is 13.2 Å². The van der Waals surface area contributed by atoms with Crippen LogP contribution in [0.1, 0.15) is 32.1 Å². The zero-order chi connectivity index (χ0) is 12.5. The van der Waals surface area contributed by atoms with E-state index in [9.17, 15) is 9.59 Å². The van der Waals surface area contributed by atoms with Gasteiger partial charge in [-0.15, -0.1) is 0 Å². The van der Waals surface area contributed by atoms with Crippen LogP contribution in [0.2, 0.25) is 0 Å². The first-order chi connectivity index (χ1) is 8.24. The predicted molar refractivity (Wildman–Crippen MR) is 64.2 cm³/mol. The summed E-state index contributed by atoms with van der Waals surface area (Å²) in [6.07, 6.45) is 6.71. The van der Waals surface area contributed by atoms with Crippen LogP contribution in [0.4, 0.5) is 0 Å². The van der Waals surface area contributed by atoms with E-state index in [4.69, 9.17) is 4.74 Å². The maximum atomic E-state index is 11.5. The van der Waals surface area contributed by atoms with Gasteiger partial charge in [-0.05, 0) is 12.8 Å². The minimum absolute atomic E-state index is 0.159. The van der Waals surface area contributed by atoms with E-state index in [0.29, 0.717) is 13.2 Å². The van der Waals surface area contributed by atoms with Gasteiger partial charge in [0.15, 0.2) is 0 Å². The molecule has 96 valence electrons. The largest absolute Gasteiger partial charge is 0.500 e. The van der Waals surface area contributed by atoms with Crippen LogP contribution in [0.25, 0.3) is 0 Å². The van der Waals surface area contributed by atoms with Crippen LogP contribution in [0.5, 0.6) is 0 Å². The Kier molecular flexibility index (Phi) is 6.14. The fraction of sp³-hybridized carbons (Fsp3) is 0.667. The predicted octanol–water partition coefficient (Wildman–Crippen LogP) is 0.712. The Morgan fingerprint density at radius 1 is 1.24 bits per heavy atom. The molecule has 0 saturated heterocycles. The van der Waals surface area contributed by atoms with Crippen LogP contribution in [0.3, 0.4) is 0 Å². The van der Waals surface area contributed by atoms with Gasteiger partial charge in [0, 0.05) is 6.04 Å². The normalized spacial score (nSPS) is 16.0. The summed E-state index contributed by atoms with van der Waals surface area (Å²) < 4.78 is 4.83. The van der Waals surface area contributed by atoms with Crippen LogP contribution < -0.4 is 10.6 Å². The van der Waals surface area contributed by atoms with E-state index in [1.807, 2.05) is 0 Å². The number of carbonyl (C=O) groups excluding carboxylic acids is 2. The van der Waals surface area contributed by atoms with E-state index in [0.717, 1.165) is 25.7 Å². The lowest BCUT2D eigenvalue weighted by atomic mass is 9.95. The molecular formula is C12H20N2O3. The molecule has 0 aromatic carbocycles. The SMILES string of the molecule is C=COCCNC(=O)C(=O)NC1CCCCC1. The molecule has 1 rings (SSSR count). The monoisotopic (exact) mass is 240 g/mol. The molecule has 1 fully saturated rings. The Bertz CT molecular complexity index is 273. The molecular weight excluding hydrogens is 220 g/mol. The number of ether oxygens (including phenoxy) is 1. The molecule has 0 bridgehead atoms. The Morgan fingerprint density at radius 3 is 2.59 bits per heavy atom. The fourth-order valence-corrected chi connectivity index (χ4v) is 1.88. The zero-order valence-corrected chi connectivity index (χ0v) is 10.0. The number of nitrogens with one attached hydrogen (secondary N) is 2. The third-order valence-electron chi connectivity index (χ3n) is 2.77. The van der Waals surface area contributed by atoms with Crippen molar-refractivity contribution >= 4 is 11.8 Å². The molecule has 2 amide bonds. The van der Waals surface area contributed by atoms with E-state index in [1.165, 1.54) is 12.7 Å². The standard InChI is InChI=1S/C12H20N2O3/c1-2-17-9-8-13-11(15)12(16)14-10-6-4-3-5-7-10/h2,10H,1,3-9H2,(H,13,15)(H,14,16). The lowest BCUT2D eigenvalue weighted by molar-refractivity contribution is -0.139. The lowest BCUT2D eigenvalue weighted by Crippen LogP contribution is -2.45. The van der Waals surface area contributed by atoms with Gasteiger partial charge in [0.25, 0.3) is 0 Å². The molecule has 0 atom stereocenters. The number of hydrogen-bond acceptors (Lipinski definition) is 3. The van der Waals surface area contributed by atoms with Crippen LogP contribution in [0, 0.1) is 0 Å². The van der Waals surface area contributed by atoms with Crippen LogP contribution in [-0.4, -0.2) is 31.0 Å². The first kappa shape index (κ1) is 13.5. The molecule has 2 N–H and O–H groups in total. The van der Waals surface area contributed by atoms with Crippen molar-refractivity contribution < 1.29 is 14.3 Å². The Hall–Kier alpha value is -1.52. The first-order valence-electron chi connectivity index (χ1n) is 6.05. The summed E-state index contributed by atoms with van der Waals surface area (Å²) >= 11 is 0. The van der Waals surface area contributed by atoms with Crippen molar-refractivity contribution in [1.82, 2.24) is 10.6 Å². The van der Waals surface area contributed by atoms with E-state index in [1.54, 1.807) is 0 Å². The Balaban J connectivity index is 2.16. The van der Waals surface area contributed by atoms with Gasteiger partial charge >= 0.3 is 11.8 Å². The highest BCUT2D eigenvalue weighted by molar-refractivity contribution is 6.35. The van der Waals surface area contributed by atoms with Crippen LogP contribution >= 0.6 is 0 Å². The van der Waals surface area contributed by atoms with Crippen LogP contribution in [0.15, 0.2) is 12.8 Å². The zero-order valence-electron chi connectivity index (χ0n) is 10.0. The molecule has 1 saturated carbocycles. The van der Waals surface area contributed by atoms with Gasteiger partial charge in [-0.2, -0.15) is 0 Å². The maximum absolute atomic E-state index is 11.5. The van der Waals surface area contributed by atoms with Gasteiger partial charge in [-0.3, -0.25) is 9.59 Å². The Morgan fingerprint density at radius 2 is 1.94 bits per heavy atom. The van der Waals surface area contributed by atoms with E-state index in [-0.39, 0.29) is 6.04 Å². The maximum Gasteiger partial charge on any atom is 0.309 e. The van der Waals surface area contributed by atoms with Crippen molar-refractivity contribution in [2.45, 2.75) is 38.1 Å². The third kappa shape index (κ3) is 5.38. The van der Waals surface area contributed by atoms with Gasteiger partial charge < -0.3 is 15.4 Å². The molecule has 5 heteroatoms. The van der Waals surface area contributed by atoms with Crippen molar-refractivity contribution in [3.8, 4) is 0 Å². The van der Waals surface area contributed by atoms with Gasteiger partial charge in [-0.25, -0.2) is 0 Å². The molecule has 1 aliphatic carbocycles. The number of carbonyl (C=O) groups is 2. The third-order valence-corrected chi connectivity index (χ3v) is 2.77. The molecule has 1 aliphatic rings. The summed E-state index contributed by atoms with van der Waals surface area (Å²) in [6.45, 7) is 4.01. The minimum Gasteiger partial charge on any atom is -0.500 e. The summed E-state index contributed by atoms with van der Waals surface area (Å²) in [4.78, 5) is 22.9. The lowest BCUT2D eigenvalue weighted by Gasteiger charge is -2.22. The molecule has 0 aromatic heterocycles. The van der Waals surface area contributed by atoms with Crippen molar-refractivity contribution in [2.24, 2.45) is 0 Å². The molecule has 0 aliphatic heterocycles. The van der Waals surface area contributed by atoms with Crippen LogP contribution in [-0.2, 0) is 14.3 Å². The molecule has 0 radical (unpaired) electrons. The van der Waals surface area contributed by atoms with E-state index < -0.39 is 11.8 Å². The Labute approximate surface area is 102 Å². The molecule has 0 heterocycles. The van der Waals surface area contributed by atoms with Crippen molar-refractivity contribution in [1.29, 1.82) is 0 Å². The molecule has 5 nitrogen and oxygen atoms in total.